The second-order valence-electron chi connectivity index (χ2n) is 9.19. The minimum absolute atomic E-state index is 0.00540. The lowest BCUT2D eigenvalue weighted by Gasteiger charge is -2.24. The van der Waals surface area contributed by atoms with E-state index in [0.29, 0.717) is 26.0 Å². The van der Waals surface area contributed by atoms with Crippen molar-refractivity contribution in [3.8, 4) is 11.4 Å². The van der Waals surface area contributed by atoms with E-state index < -0.39 is 22.5 Å². The molecular formula is C29H27BrCl2N4O4S. The fourth-order valence-electron chi connectivity index (χ4n) is 4.25. The molecule has 0 atom stereocenters. The number of hydrazone groups is 1. The van der Waals surface area contributed by atoms with Gasteiger partial charge in [0.25, 0.3) is 15.9 Å². The van der Waals surface area contributed by atoms with Crippen LogP contribution in [0.25, 0.3) is 5.69 Å². The molecule has 4 aromatic rings. The van der Waals surface area contributed by atoms with Gasteiger partial charge >= 0.3 is 0 Å². The van der Waals surface area contributed by atoms with E-state index in [1.807, 2.05) is 31.4 Å². The highest BCUT2D eigenvalue weighted by molar-refractivity contribution is 9.10. The Hall–Kier alpha value is -3.31. The average Bonchev–Trinajstić information content (AvgIpc) is 3.21. The maximum absolute atomic E-state index is 13.7. The highest BCUT2D eigenvalue weighted by Crippen LogP contribution is 2.31. The van der Waals surface area contributed by atoms with Gasteiger partial charge in [0.15, 0.2) is 0 Å². The number of ether oxygens (including phenoxy) is 1. The van der Waals surface area contributed by atoms with Gasteiger partial charge in [0, 0.05) is 22.0 Å². The number of amides is 1. The van der Waals surface area contributed by atoms with Gasteiger partial charge in [0.2, 0.25) is 0 Å². The molecule has 0 aliphatic carbocycles. The summed E-state index contributed by atoms with van der Waals surface area (Å²) in [4.78, 5) is 13.0. The first-order chi connectivity index (χ1) is 19.4. The number of aromatic nitrogens is 1. The second kappa shape index (κ2) is 12.7. The predicted octanol–water partition coefficient (Wildman–Crippen LogP) is 6.83. The fourth-order valence-corrected chi connectivity index (χ4v) is 6.76. The molecule has 8 nitrogen and oxygen atoms in total. The van der Waals surface area contributed by atoms with Gasteiger partial charge in [-0.3, -0.25) is 9.10 Å². The molecule has 1 amide bonds. The molecular weight excluding hydrogens is 651 g/mol. The molecule has 41 heavy (non-hydrogen) atoms. The summed E-state index contributed by atoms with van der Waals surface area (Å²) in [7, 11) is -2.64. The molecule has 1 N–H and O–H groups in total. The third-order valence-electron chi connectivity index (χ3n) is 6.33. The Kier molecular flexibility index (Phi) is 9.48. The van der Waals surface area contributed by atoms with Crippen LogP contribution in [0.3, 0.4) is 0 Å². The first kappa shape index (κ1) is 30.6. The van der Waals surface area contributed by atoms with E-state index in [-0.39, 0.29) is 4.90 Å². The fraction of sp³-hybridized carbons (Fsp3) is 0.172. The normalized spacial score (nSPS) is 11.6. The van der Waals surface area contributed by atoms with Crippen LogP contribution >= 0.6 is 39.1 Å². The van der Waals surface area contributed by atoms with Gasteiger partial charge in [-0.15, -0.1) is 0 Å². The molecule has 0 fully saturated rings. The lowest BCUT2D eigenvalue weighted by atomic mass is 10.2. The van der Waals surface area contributed by atoms with Crippen LogP contribution in [-0.2, 0) is 14.8 Å². The minimum atomic E-state index is -4.13. The number of carbonyl (C=O) groups is 1. The smallest absolute Gasteiger partial charge is 0.264 e. The number of hydrogen-bond donors (Lipinski definition) is 1. The molecule has 0 spiro atoms. The second-order valence-corrected chi connectivity index (χ2v) is 12.8. The van der Waals surface area contributed by atoms with Gasteiger partial charge in [-0.05, 0) is 91.3 Å². The third kappa shape index (κ3) is 6.78. The van der Waals surface area contributed by atoms with Crippen LogP contribution < -0.4 is 14.5 Å². The van der Waals surface area contributed by atoms with Crippen LogP contribution in [0.1, 0.15) is 22.5 Å². The molecule has 0 bridgehead atoms. The number of carbonyl (C=O) groups excluding carboxylic acids is 1. The minimum Gasteiger partial charge on any atom is -0.496 e. The highest BCUT2D eigenvalue weighted by atomic mass is 79.9. The number of anilines is 1. The highest BCUT2D eigenvalue weighted by Gasteiger charge is 2.28. The molecule has 214 valence electrons. The Bertz CT molecular complexity index is 1740. The molecule has 0 aliphatic heterocycles. The molecule has 3 aromatic carbocycles. The summed E-state index contributed by atoms with van der Waals surface area (Å²) in [6.45, 7) is 5.21. The van der Waals surface area contributed by atoms with Crippen molar-refractivity contribution < 1.29 is 17.9 Å². The summed E-state index contributed by atoms with van der Waals surface area (Å²) in [6, 6.07) is 18.4. The van der Waals surface area contributed by atoms with E-state index in [2.05, 4.69) is 26.5 Å². The van der Waals surface area contributed by atoms with E-state index in [4.69, 9.17) is 27.9 Å². The molecule has 1 heterocycles. The van der Waals surface area contributed by atoms with Crippen LogP contribution in [0.2, 0.25) is 10.0 Å². The Morgan fingerprint density at radius 1 is 1.05 bits per heavy atom. The lowest BCUT2D eigenvalue weighted by Crippen LogP contribution is -2.39. The van der Waals surface area contributed by atoms with Gasteiger partial charge in [-0.25, -0.2) is 13.8 Å². The molecule has 4 rings (SSSR count). The van der Waals surface area contributed by atoms with Gasteiger partial charge in [-0.1, -0.05) is 40.9 Å². The van der Waals surface area contributed by atoms with Crippen molar-refractivity contribution in [2.75, 3.05) is 18.0 Å². The van der Waals surface area contributed by atoms with Gasteiger partial charge in [-0.2, -0.15) is 5.10 Å². The van der Waals surface area contributed by atoms with Crippen LogP contribution in [0.15, 0.2) is 81.2 Å². The zero-order valence-corrected chi connectivity index (χ0v) is 26.6. The third-order valence-corrected chi connectivity index (χ3v) is 9.28. The number of sulfonamides is 1. The monoisotopic (exact) mass is 676 g/mol. The Labute approximate surface area is 257 Å². The van der Waals surface area contributed by atoms with Crippen molar-refractivity contribution in [2.24, 2.45) is 5.10 Å². The summed E-state index contributed by atoms with van der Waals surface area (Å²) in [5, 5.41) is 5.19. The summed E-state index contributed by atoms with van der Waals surface area (Å²) in [6.07, 6.45) is 1.50. The molecule has 0 unspecified atom stereocenters. The zero-order chi connectivity index (χ0) is 29.9. The van der Waals surface area contributed by atoms with Crippen molar-refractivity contribution >= 4 is 67.0 Å². The van der Waals surface area contributed by atoms with Gasteiger partial charge < -0.3 is 9.30 Å². The topological polar surface area (TPSA) is 93.0 Å². The summed E-state index contributed by atoms with van der Waals surface area (Å²) >= 11 is 15.9. The molecule has 0 radical (unpaired) electrons. The molecule has 12 heteroatoms. The van der Waals surface area contributed by atoms with Crippen molar-refractivity contribution in [3.63, 3.8) is 0 Å². The first-order valence-electron chi connectivity index (χ1n) is 12.3. The van der Waals surface area contributed by atoms with Crippen LogP contribution in [0.5, 0.6) is 5.75 Å². The SMILES string of the molecule is COc1ccc(S(=O)(=O)N(CC(=O)N/N=C/c2cc(C)n(-c3cc(Cl)ccc3Cl)c2C)c2ccc(C)cc2)cc1Br. The lowest BCUT2D eigenvalue weighted by molar-refractivity contribution is -0.119. The molecule has 0 saturated carbocycles. The van der Waals surface area contributed by atoms with Crippen molar-refractivity contribution in [3.05, 3.63) is 104 Å². The van der Waals surface area contributed by atoms with Gasteiger partial charge in [0.1, 0.15) is 12.3 Å². The number of nitrogens with one attached hydrogen (secondary N) is 1. The van der Waals surface area contributed by atoms with Crippen molar-refractivity contribution in [1.29, 1.82) is 0 Å². The maximum atomic E-state index is 13.7. The largest absolute Gasteiger partial charge is 0.496 e. The van der Waals surface area contributed by atoms with Crippen LogP contribution in [0, 0.1) is 20.8 Å². The maximum Gasteiger partial charge on any atom is 0.264 e. The van der Waals surface area contributed by atoms with Crippen molar-refractivity contribution in [1.82, 2.24) is 9.99 Å². The summed E-state index contributed by atoms with van der Waals surface area (Å²) in [5.41, 5.74) is 6.92. The number of hydrogen-bond acceptors (Lipinski definition) is 5. The van der Waals surface area contributed by atoms with Crippen LogP contribution in [-0.4, -0.2) is 38.8 Å². The van der Waals surface area contributed by atoms with E-state index >= 15 is 0 Å². The number of methoxy groups -OCH3 is 1. The predicted molar refractivity (Wildman–Crippen MR) is 167 cm³/mol. The summed E-state index contributed by atoms with van der Waals surface area (Å²) < 4.78 is 36.1. The quantitative estimate of drug-likeness (QED) is 0.155. The van der Waals surface area contributed by atoms with E-state index in [9.17, 15) is 13.2 Å². The molecule has 0 saturated heterocycles. The molecule has 1 aromatic heterocycles. The van der Waals surface area contributed by atoms with Crippen molar-refractivity contribution in [2.45, 2.75) is 25.7 Å². The number of benzene rings is 3. The number of nitrogens with zero attached hydrogens (tertiary/aromatic N) is 3. The Balaban J connectivity index is 1.58. The van der Waals surface area contributed by atoms with E-state index in [1.54, 1.807) is 48.5 Å². The van der Waals surface area contributed by atoms with Gasteiger partial charge in [0.05, 0.1) is 39.1 Å². The Morgan fingerprint density at radius 3 is 2.41 bits per heavy atom. The first-order valence-corrected chi connectivity index (χ1v) is 15.3. The van der Waals surface area contributed by atoms with E-state index in [0.717, 1.165) is 32.5 Å². The average molecular weight is 678 g/mol. The molecule has 0 aliphatic rings. The van der Waals surface area contributed by atoms with Crippen LogP contribution in [0.4, 0.5) is 5.69 Å². The number of aryl methyl sites for hydroxylation is 2. The standard InChI is InChI=1S/C29H27BrCl2N4O4S/c1-18-5-8-23(9-6-18)35(41(38,39)24-10-12-28(40-4)25(30)15-24)17-29(37)34-33-16-21-13-19(2)36(20(21)3)27-14-22(31)7-11-26(27)32/h5-16H,17H2,1-4H3,(H,34,37)/b33-16+. The Morgan fingerprint density at radius 2 is 1.76 bits per heavy atom. The zero-order valence-electron chi connectivity index (χ0n) is 22.7. The summed E-state index contributed by atoms with van der Waals surface area (Å²) in [5.74, 6) is -0.139. The number of rotatable bonds is 9. The van der Waals surface area contributed by atoms with E-state index in [1.165, 1.54) is 25.5 Å². The number of halogens is 3.